The van der Waals surface area contributed by atoms with Crippen LogP contribution in [-0.2, 0) is 0 Å². The lowest BCUT2D eigenvalue weighted by Gasteiger charge is -2.11. The Kier molecular flexibility index (Phi) is 4.52. The Morgan fingerprint density at radius 1 is 1.40 bits per heavy atom. The summed E-state index contributed by atoms with van der Waals surface area (Å²) in [5.74, 6) is -0.335. The average molecular weight is 375 g/mol. The maximum absolute atomic E-state index is 12.3. The van der Waals surface area contributed by atoms with Crippen LogP contribution >= 0.6 is 39.1 Å². The Labute approximate surface area is 134 Å². The molecule has 2 rings (SSSR count). The van der Waals surface area contributed by atoms with E-state index in [1.807, 2.05) is 0 Å². The molecule has 0 aliphatic rings. The molecule has 20 heavy (non-hydrogen) atoms. The molecular formula is C13H10BrCl2N3O. The maximum atomic E-state index is 12.3. The van der Waals surface area contributed by atoms with Gasteiger partial charge >= 0.3 is 0 Å². The number of rotatable bonds is 2. The van der Waals surface area contributed by atoms with Gasteiger partial charge in [-0.1, -0.05) is 29.3 Å². The lowest BCUT2D eigenvalue weighted by molar-refractivity contribution is 0.102. The van der Waals surface area contributed by atoms with Crippen LogP contribution in [0, 0.1) is 6.92 Å². The van der Waals surface area contributed by atoms with E-state index in [9.17, 15) is 4.79 Å². The molecule has 3 N–H and O–H groups in total. The number of carbonyl (C=O) groups excluding carboxylic acids is 1. The van der Waals surface area contributed by atoms with Crippen molar-refractivity contribution in [1.29, 1.82) is 0 Å². The summed E-state index contributed by atoms with van der Waals surface area (Å²) in [7, 11) is 0. The summed E-state index contributed by atoms with van der Waals surface area (Å²) >= 11 is 15.1. The van der Waals surface area contributed by atoms with Crippen LogP contribution in [0.2, 0.25) is 10.3 Å². The highest BCUT2D eigenvalue weighted by Crippen LogP contribution is 2.29. The molecule has 0 bridgehead atoms. The van der Waals surface area contributed by atoms with Gasteiger partial charge in [0.1, 0.15) is 5.15 Å². The number of nitrogens with two attached hydrogens (primary N) is 1. The Bertz CT molecular complexity index is 668. The van der Waals surface area contributed by atoms with Crippen LogP contribution in [0.1, 0.15) is 15.9 Å². The van der Waals surface area contributed by atoms with Crippen molar-refractivity contribution in [2.24, 2.45) is 0 Å². The molecule has 0 atom stereocenters. The minimum atomic E-state index is -0.335. The van der Waals surface area contributed by atoms with Crippen LogP contribution in [0.15, 0.2) is 28.7 Å². The van der Waals surface area contributed by atoms with Gasteiger partial charge < -0.3 is 11.1 Å². The third kappa shape index (κ3) is 3.06. The van der Waals surface area contributed by atoms with Gasteiger partial charge in [-0.3, -0.25) is 4.79 Å². The van der Waals surface area contributed by atoms with Crippen molar-refractivity contribution in [3.63, 3.8) is 0 Å². The van der Waals surface area contributed by atoms with E-state index in [1.54, 1.807) is 31.2 Å². The predicted molar refractivity (Wildman–Crippen MR) is 85.5 cm³/mol. The zero-order chi connectivity index (χ0) is 14.9. The molecule has 4 nitrogen and oxygen atoms in total. The molecule has 104 valence electrons. The maximum Gasteiger partial charge on any atom is 0.256 e. The van der Waals surface area contributed by atoms with E-state index in [4.69, 9.17) is 28.9 Å². The zero-order valence-corrected chi connectivity index (χ0v) is 13.5. The number of benzene rings is 1. The van der Waals surface area contributed by atoms with Crippen molar-refractivity contribution in [2.75, 3.05) is 11.1 Å². The van der Waals surface area contributed by atoms with Gasteiger partial charge in [-0.25, -0.2) is 4.98 Å². The number of aryl methyl sites for hydroxylation is 1. The first-order valence-electron chi connectivity index (χ1n) is 5.58. The van der Waals surface area contributed by atoms with Gasteiger partial charge in [-0.15, -0.1) is 0 Å². The monoisotopic (exact) mass is 373 g/mol. The van der Waals surface area contributed by atoms with Crippen molar-refractivity contribution in [3.05, 3.63) is 50.2 Å². The number of nitrogens with one attached hydrogen (secondary N) is 1. The van der Waals surface area contributed by atoms with Crippen molar-refractivity contribution in [3.8, 4) is 0 Å². The predicted octanol–water partition coefficient (Wildman–Crippen LogP) is 4.29. The van der Waals surface area contributed by atoms with E-state index < -0.39 is 0 Å². The summed E-state index contributed by atoms with van der Waals surface area (Å²) in [6, 6.07) is 6.67. The van der Waals surface area contributed by atoms with Gasteiger partial charge in [0.2, 0.25) is 0 Å². The Balaban J connectivity index is 2.36. The summed E-state index contributed by atoms with van der Waals surface area (Å²) in [6.45, 7) is 1.78. The van der Waals surface area contributed by atoms with E-state index in [2.05, 4.69) is 26.2 Å². The molecule has 1 aromatic heterocycles. The van der Waals surface area contributed by atoms with Crippen LogP contribution in [0.3, 0.4) is 0 Å². The highest BCUT2D eigenvalue weighted by atomic mass is 79.9. The number of nitrogens with zero attached hydrogens (tertiary/aromatic N) is 1. The van der Waals surface area contributed by atoms with Crippen LogP contribution in [0.4, 0.5) is 11.4 Å². The lowest BCUT2D eigenvalue weighted by atomic mass is 10.1. The van der Waals surface area contributed by atoms with E-state index in [-0.39, 0.29) is 16.2 Å². The second-order valence-electron chi connectivity index (χ2n) is 4.09. The van der Waals surface area contributed by atoms with Crippen molar-refractivity contribution >= 4 is 56.4 Å². The molecule has 0 saturated carbocycles. The first-order chi connectivity index (χ1) is 9.40. The molecule has 0 aliphatic heterocycles. The molecule has 0 unspecified atom stereocenters. The zero-order valence-electron chi connectivity index (χ0n) is 10.4. The number of aromatic nitrogens is 1. The third-order valence-electron chi connectivity index (χ3n) is 2.65. The normalized spacial score (nSPS) is 10.4. The molecule has 1 heterocycles. The fourth-order valence-electron chi connectivity index (χ4n) is 1.65. The van der Waals surface area contributed by atoms with Crippen molar-refractivity contribution < 1.29 is 4.79 Å². The highest BCUT2D eigenvalue weighted by Gasteiger charge is 2.15. The fraction of sp³-hybridized carbons (Fsp3) is 0.0769. The standard InChI is InChI=1S/C13H10BrCl2N3O/c1-6-5-9(15)18-12(16)11(6)19-13(20)7-3-2-4-8(17)10(7)14/h2-5H,17H2,1H3,(H,19,20). The van der Waals surface area contributed by atoms with Gasteiger partial charge in [0, 0.05) is 5.69 Å². The van der Waals surface area contributed by atoms with E-state index in [0.717, 1.165) is 5.56 Å². The average Bonchev–Trinajstić information content (AvgIpc) is 2.36. The summed E-state index contributed by atoms with van der Waals surface area (Å²) in [5.41, 5.74) is 7.79. The number of carbonyl (C=O) groups is 1. The second kappa shape index (κ2) is 5.99. The minimum absolute atomic E-state index is 0.142. The molecule has 0 radical (unpaired) electrons. The second-order valence-corrected chi connectivity index (χ2v) is 5.63. The van der Waals surface area contributed by atoms with E-state index in [1.165, 1.54) is 0 Å². The smallest absolute Gasteiger partial charge is 0.256 e. The fourth-order valence-corrected chi connectivity index (χ4v) is 2.67. The topological polar surface area (TPSA) is 68.0 Å². The first kappa shape index (κ1) is 15.1. The van der Waals surface area contributed by atoms with Crippen molar-refractivity contribution in [2.45, 2.75) is 6.92 Å². The first-order valence-corrected chi connectivity index (χ1v) is 7.13. The molecule has 2 aromatic rings. The quantitative estimate of drug-likeness (QED) is 0.608. The summed E-state index contributed by atoms with van der Waals surface area (Å²) in [5, 5.41) is 3.13. The SMILES string of the molecule is Cc1cc(Cl)nc(Cl)c1NC(=O)c1cccc(N)c1Br. The number of hydrogen-bond acceptors (Lipinski definition) is 3. The van der Waals surface area contributed by atoms with Crippen molar-refractivity contribution in [1.82, 2.24) is 4.98 Å². The third-order valence-corrected chi connectivity index (χ3v) is 4.01. The van der Waals surface area contributed by atoms with E-state index >= 15 is 0 Å². The van der Waals surface area contributed by atoms with Crippen LogP contribution in [0.5, 0.6) is 0 Å². The van der Waals surface area contributed by atoms with Gasteiger partial charge in [-0.2, -0.15) is 0 Å². The molecule has 1 amide bonds. The summed E-state index contributed by atoms with van der Waals surface area (Å²) in [4.78, 5) is 16.2. The molecule has 0 saturated heterocycles. The number of halogens is 3. The molecule has 0 aliphatic carbocycles. The number of amides is 1. The number of pyridine rings is 1. The Morgan fingerprint density at radius 2 is 2.10 bits per heavy atom. The number of nitrogen functional groups attached to an aromatic ring is 1. The molecule has 0 fully saturated rings. The van der Waals surface area contributed by atoms with Crippen LogP contribution in [0.25, 0.3) is 0 Å². The van der Waals surface area contributed by atoms with E-state index in [0.29, 0.717) is 21.4 Å². The van der Waals surface area contributed by atoms with Gasteiger partial charge in [-0.05, 0) is 46.6 Å². The molecule has 7 heteroatoms. The Morgan fingerprint density at radius 3 is 2.75 bits per heavy atom. The lowest BCUT2D eigenvalue weighted by Crippen LogP contribution is -2.14. The minimum Gasteiger partial charge on any atom is -0.398 e. The molecule has 1 aromatic carbocycles. The molecular weight excluding hydrogens is 365 g/mol. The summed E-state index contributed by atoms with van der Waals surface area (Å²) in [6.07, 6.45) is 0. The van der Waals surface area contributed by atoms with Crippen LogP contribution in [-0.4, -0.2) is 10.9 Å². The van der Waals surface area contributed by atoms with Gasteiger partial charge in [0.05, 0.1) is 15.7 Å². The van der Waals surface area contributed by atoms with Gasteiger partial charge in [0.15, 0.2) is 5.15 Å². The highest BCUT2D eigenvalue weighted by molar-refractivity contribution is 9.10. The molecule has 0 spiro atoms. The van der Waals surface area contributed by atoms with Gasteiger partial charge in [0.25, 0.3) is 5.91 Å². The van der Waals surface area contributed by atoms with Crippen LogP contribution < -0.4 is 11.1 Å². The number of anilines is 2. The Hall–Kier alpha value is -1.30. The largest absolute Gasteiger partial charge is 0.398 e. The number of hydrogen-bond donors (Lipinski definition) is 2. The summed E-state index contributed by atoms with van der Waals surface area (Å²) < 4.78 is 0.535.